The Balaban J connectivity index is 2.12. The SMILES string of the molecule is COC(=O)[C@H]1C2CCC(C2)[C@H]1N. The molecule has 2 unspecified atom stereocenters. The molecule has 0 aliphatic heterocycles. The molecule has 0 radical (unpaired) electrons. The average molecular weight is 169 g/mol. The van der Waals surface area contributed by atoms with Crippen LogP contribution in [-0.4, -0.2) is 19.1 Å². The van der Waals surface area contributed by atoms with E-state index in [1.54, 1.807) is 0 Å². The van der Waals surface area contributed by atoms with Crippen LogP contribution in [0.1, 0.15) is 19.3 Å². The number of carbonyl (C=O) groups excluding carboxylic acids is 1. The van der Waals surface area contributed by atoms with E-state index in [4.69, 9.17) is 10.5 Å². The lowest BCUT2D eigenvalue weighted by Crippen LogP contribution is -2.40. The van der Waals surface area contributed by atoms with Crippen molar-refractivity contribution in [2.75, 3.05) is 7.11 Å². The van der Waals surface area contributed by atoms with E-state index in [1.165, 1.54) is 13.5 Å². The lowest BCUT2D eigenvalue weighted by molar-refractivity contribution is -0.147. The minimum absolute atomic E-state index is 0.00579. The molecule has 0 heterocycles. The van der Waals surface area contributed by atoms with Gasteiger partial charge in [-0.05, 0) is 31.1 Å². The highest BCUT2D eigenvalue weighted by molar-refractivity contribution is 5.74. The van der Waals surface area contributed by atoms with Crippen LogP contribution in [-0.2, 0) is 9.53 Å². The van der Waals surface area contributed by atoms with Gasteiger partial charge in [-0.3, -0.25) is 4.79 Å². The van der Waals surface area contributed by atoms with E-state index in [9.17, 15) is 4.79 Å². The van der Waals surface area contributed by atoms with Crippen LogP contribution in [0.2, 0.25) is 0 Å². The standard InChI is InChI=1S/C9H15NO2/c1-12-9(11)7-5-2-3-6(4-5)8(7)10/h5-8H,2-4,10H2,1H3/t5?,6?,7-,8+/m0/s1. The van der Waals surface area contributed by atoms with E-state index in [1.807, 2.05) is 0 Å². The fourth-order valence-corrected chi connectivity index (χ4v) is 2.82. The molecule has 0 aromatic heterocycles. The monoisotopic (exact) mass is 169 g/mol. The number of hydrogen-bond acceptors (Lipinski definition) is 3. The quantitative estimate of drug-likeness (QED) is 0.583. The Morgan fingerprint density at radius 2 is 2.08 bits per heavy atom. The summed E-state index contributed by atoms with van der Waals surface area (Å²) < 4.78 is 4.74. The van der Waals surface area contributed by atoms with Crippen molar-refractivity contribution in [1.82, 2.24) is 0 Å². The first-order valence-corrected chi connectivity index (χ1v) is 4.57. The number of carbonyl (C=O) groups is 1. The number of fused-ring (bicyclic) bond motifs is 2. The zero-order chi connectivity index (χ0) is 8.72. The lowest BCUT2D eigenvalue weighted by atomic mass is 9.85. The van der Waals surface area contributed by atoms with Crippen molar-refractivity contribution in [2.45, 2.75) is 25.3 Å². The number of nitrogens with two attached hydrogens (primary N) is 1. The first-order valence-electron chi connectivity index (χ1n) is 4.57. The Kier molecular flexibility index (Phi) is 1.83. The molecule has 0 aromatic carbocycles. The predicted octanol–water partition coefficient (Wildman–Crippen LogP) is 0.533. The highest BCUT2D eigenvalue weighted by atomic mass is 16.5. The first-order chi connectivity index (χ1) is 5.74. The third kappa shape index (κ3) is 0.959. The second-order valence-corrected chi connectivity index (χ2v) is 3.96. The highest BCUT2D eigenvalue weighted by Crippen LogP contribution is 2.47. The Morgan fingerprint density at radius 1 is 1.42 bits per heavy atom. The number of rotatable bonds is 1. The summed E-state index contributed by atoms with van der Waals surface area (Å²) in [7, 11) is 1.45. The van der Waals surface area contributed by atoms with Gasteiger partial charge in [0.1, 0.15) is 0 Å². The summed E-state index contributed by atoms with van der Waals surface area (Å²) in [5, 5.41) is 0. The molecule has 12 heavy (non-hydrogen) atoms. The van der Waals surface area contributed by atoms with Gasteiger partial charge in [-0.15, -0.1) is 0 Å². The molecule has 3 nitrogen and oxygen atoms in total. The van der Waals surface area contributed by atoms with Crippen LogP contribution < -0.4 is 5.73 Å². The van der Waals surface area contributed by atoms with Crippen molar-refractivity contribution in [3.8, 4) is 0 Å². The molecule has 2 bridgehead atoms. The summed E-state index contributed by atoms with van der Waals surface area (Å²) in [6.07, 6.45) is 3.51. The first kappa shape index (κ1) is 8.05. The molecule has 2 aliphatic carbocycles. The van der Waals surface area contributed by atoms with Gasteiger partial charge in [-0.25, -0.2) is 0 Å². The van der Waals surface area contributed by atoms with Gasteiger partial charge in [0.2, 0.25) is 0 Å². The van der Waals surface area contributed by atoms with E-state index >= 15 is 0 Å². The molecule has 4 atom stereocenters. The Morgan fingerprint density at radius 3 is 2.58 bits per heavy atom. The van der Waals surface area contributed by atoms with Gasteiger partial charge in [0, 0.05) is 6.04 Å². The molecule has 3 heteroatoms. The molecule has 2 aliphatic rings. The molecule has 2 N–H and O–H groups in total. The number of esters is 1. The maximum atomic E-state index is 11.3. The van der Waals surface area contributed by atoms with Crippen molar-refractivity contribution in [1.29, 1.82) is 0 Å². The second-order valence-electron chi connectivity index (χ2n) is 3.96. The maximum absolute atomic E-state index is 11.3. The highest BCUT2D eigenvalue weighted by Gasteiger charge is 2.49. The van der Waals surface area contributed by atoms with Gasteiger partial charge in [0.25, 0.3) is 0 Å². The molecule has 0 spiro atoms. The summed E-state index contributed by atoms with van der Waals surface area (Å²) in [4.78, 5) is 11.3. The Hall–Kier alpha value is -0.570. The van der Waals surface area contributed by atoms with Crippen molar-refractivity contribution in [3.05, 3.63) is 0 Å². The van der Waals surface area contributed by atoms with Crippen LogP contribution in [0.15, 0.2) is 0 Å². The lowest BCUT2D eigenvalue weighted by Gasteiger charge is -2.25. The van der Waals surface area contributed by atoms with E-state index in [2.05, 4.69) is 0 Å². The van der Waals surface area contributed by atoms with Crippen molar-refractivity contribution >= 4 is 5.97 Å². The third-order valence-electron chi connectivity index (χ3n) is 3.45. The molecule has 2 rings (SSSR count). The van der Waals surface area contributed by atoms with Crippen LogP contribution in [0.25, 0.3) is 0 Å². The molecule has 0 amide bonds. The largest absolute Gasteiger partial charge is 0.469 e. The van der Waals surface area contributed by atoms with Crippen LogP contribution >= 0.6 is 0 Å². The molecular formula is C9H15NO2. The van der Waals surface area contributed by atoms with Gasteiger partial charge in [-0.2, -0.15) is 0 Å². The third-order valence-corrected chi connectivity index (χ3v) is 3.45. The van der Waals surface area contributed by atoms with Gasteiger partial charge < -0.3 is 10.5 Å². The van der Waals surface area contributed by atoms with Gasteiger partial charge in [-0.1, -0.05) is 0 Å². The minimum atomic E-state index is -0.102. The van der Waals surface area contributed by atoms with Crippen LogP contribution in [0, 0.1) is 17.8 Å². The van der Waals surface area contributed by atoms with Crippen molar-refractivity contribution in [3.63, 3.8) is 0 Å². The molecule has 2 fully saturated rings. The van der Waals surface area contributed by atoms with Crippen molar-refractivity contribution in [2.24, 2.45) is 23.5 Å². The second kappa shape index (κ2) is 2.73. The van der Waals surface area contributed by atoms with E-state index in [0.717, 1.165) is 12.8 Å². The predicted molar refractivity (Wildman–Crippen MR) is 44.3 cm³/mol. The van der Waals surface area contributed by atoms with Gasteiger partial charge >= 0.3 is 5.97 Å². The smallest absolute Gasteiger partial charge is 0.310 e. The normalized spacial score (nSPS) is 44.8. The number of methoxy groups -OCH3 is 1. The summed E-state index contributed by atoms with van der Waals surface area (Å²) in [5.74, 6) is 0.986. The summed E-state index contributed by atoms with van der Waals surface area (Å²) in [5.41, 5.74) is 5.94. The van der Waals surface area contributed by atoms with E-state index in [0.29, 0.717) is 11.8 Å². The maximum Gasteiger partial charge on any atom is 0.310 e. The van der Waals surface area contributed by atoms with Crippen molar-refractivity contribution < 1.29 is 9.53 Å². The summed E-state index contributed by atoms with van der Waals surface area (Å²) >= 11 is 0. The number of hydrogen-bond donors (Lipinski definition) is 1. The summed E-state index contributed by atoms with van der Waals surface area (Å²) in [6.45, 7) is 0. The molecule has 0 aromatic rings. The molecule has 68 valence electrons. The fourth-order valence-electron chi connectivity index (χ4n) is 2.82. The van der Waals surface area contributed by atoms with Gasteiger partial charge in [0.15, 0.2) is 0 Å². The fraction of sp³-hybridized carbons (Fsp3) is 0.889. The minimum Gasteiger partial charge on any atom is -0.469 e. The van der Waals surface area contributed by atoms with E-state index in [-0.39, 0.29) is 17.9 Å². The molecule has 2 saturated carbocycles. The Bertz CT molecular complexity index is 203. The average Bonchev–Trinajstić information content (AvgIpc) is 2.63. The van der Waals surface area contributed by atoms with Gasteiger partial charge in [0.05, 0.1) is 13.0 Å². The van der Waals surface area contributed by atoms with E-state index < -0.39 is 0 Å². The van der Waals surface area contributed by atoms with Crippen LogP contribution in [0.5, 0.6) is 0 Å². The summed E-state index contributed by atoms with van der Waals surface area (Å²) in [6, 6.07) is 0.0659. The zero-order valence-electron chi connectivity index (χ0n) is 7.32. The Labute approximate surface area is 72.3 Å². The molecule has 0 saturated heterocycles. The molecular weight excluding hydrogens is 154 g/mol. The van der Waals surface area contributed by atoms with Crippen LogP contribution in [0.4, 0.5) is 0 Å². The van der Waals surface area contributed by atoms with Crippen LogP contribution in [0.3, 0.4) is 0 Å². The number of ether oxygens (including phenoxy) is 1. The zero-order valence-corrected chi connectivity index (χ0v) is 7.32. The topological polar surface area (TPSA) is 52.3 Å².